The Balaban J connectivity index is 1.67. The standard InChI is InChI=1S/C20H17FN2O3S/c1-12-17(27-19(22-12)14-6-4-3-5-7-14)20(25)26-13(2)18(24)23-16-10-8-15(21)9-11-16/h3-11,13H,1-2H3,(H,23,24)/t13-/m0/s1. The molecule has 0 radical (unpaired) electrons. The molecule has 7 heteroatoms. The van der Waals surface area contributed by atoms with Gasteiger partial charge in [-0.1, -0.05) is 30.3 Å². The van der Waals surface area contributed by atoms with E-state index in [0.29, 0.717) is 21.3 Å². The number of aryl methyl sites for hydroxylation is 1. The molecule has 0 saturated heterocycles. The van der Waals surface area contributed by atoms with Crippen molar-refractivity contribution in [2.45, 2.75) is 20.0 Å². The fraction of sp³-hybridized carbons (Fsp3) is 0.150. The van der Waals surface area contributed by atoms with E-state index in [1.807, 2.05) is 30.3 Å². The zero-order chi connectivity index (χ0) is 19.4. The second-order valence-corrected chi connectivity index (χ2v) is 6.84. The molecule has 1 heterocycles. The minimum atomic E-state index is -1.01. The normalized spacial score (nSPS) is 11.7. The van der Waals surface area contributed by atoms with Gasteiger partial charge in [-0.3, -0.25) is 4.79 Å². The Labute approximate surface area is 159 Å². The Hall–Kier alpha value is -3.06. The van der Waals surface area contributed by atoms with Crippen LogP contribution in [-0.2, 0) is 9.53 Å². The number of nitrogens with zero attached hydrogens (tertiary/aromatic N) is 1. The van der Waals surface area contributed by atoms with Gasteiger partial charge in [-0.15, -0.1) is 11.3 Å². The molecule has 0 aliphatic rings. The number of ether oxygens (including phenoxy) is 1. The second kappa shape index (κ2) is 8.09. The number of amides is 1. The highest BCUT2D eigenvalue weighted by molar-refractivity contribution is 7.17. The smallest absolute Gasteiger partial charge is 0.351 e. The first-order chi connectivity index (χ1) is 12.9. The van der Waals surface area contributed by atoms with Crippen molar-refractivity contribution in [2.24, 2.45) is 0 Å². The van der Waals surface area contributed by atoms with Crippen LogP contribution >= 0.6 is 11.3 Å². The molecule has 5 nitrogen and oxygen atoms in total. The summed E-state index contributed by atoms with van der Waals surface area (Å²) in [6.07, 6.45) is -1.01. The van der Waals surface area contributed by atoms with Crippen LogP contribution in [0.25, 0.3) is 10.6 Å². The van der Waals surface area contributed by atoms with E-state index < -0.39 is 23.8 Å². The van der Waals surface area contributed by atoms with Crippen LogP contribution in [0.5, 0.6) is 0 Å². The minimum Gasteiger partial charge on any atom is -0.448 e. The van der Waals surface area contributed by atoms with Gasteiger partial charge in [0.1, 0.15) is 15.7 Å². The van der Waals surface area contributed by atoms with E-state index >= 15 is 0 Å². The van der Waals surface area contributed by atoms with Crippen molar-refractivity contribution in [3.8, 4) is 10.6 Å². The molecule has 0 aliphatic carbocycles. The summed E-state index contributed by atoms with van der Waals surface area (Å²) in [7, 11) is 0. The maximum absolute atomic E-state index is 12.9. The molecule has 3 rings (SSSR count). The maximum Gasteiger partial charge on any atom is 0.351 e. The Morgan fingerprint density at radius 3 is 2.44 bits per heavy atom. The van der Waals surface area contributed by atoms with Crippen LogP contribution in [0.3, 0.4) is 0 Å². The van der Waals surface area contributed by atoms with E-state index in [4.69, 9.17) is 4.74 Å². The molecule has 1 atom stereocenters. The zero-order valence-corrected chi connectivity index (χ0v) is 15.5. The van der Waals surface area contributed by atoms with Gasteiger partial charge in [-0.2, -0.15) is 0 Å². The molecule has 3 aromatic rings. The number of thiazole rings is 1. The first-order valence-corrected chi connectivity index (χ1v) is 9.06. The number of benzene rings is 2. The number of nitrogens with one attached hydrogen (secondary N) is 1. The number of halogens is 1. The Kier molecular flexibility index (Phi) is 5.61. The molecule has 0 unspecified atom stereocenters. The monoisotopic (exact) mass is 384 g/mol. The van der Waals surface area contributed by atoms with E-state index in [1.54, 1.807) is 6.92 Å². The third-order valence-corrected chi connectivity index (χ3v) is 4.95. The van der Waals surface area contributed by atoms with E-state index in [0.717, 1.165) is 5.56 Å². The van der Waals surface area contributed by atoms with Crippen molar-refractivity contribution in [1.82, 2.24) is 4.98 Å². The van der Waals surface area contributed by atoms with Crippen LogP contribution in [0.1, 0.15) is 22.3 Å². The third kappa shape index (κ3) is 4.57. The largest absolute Gasteiger partial charge is 0.448 e. The second-order valence-electron chi connectivity index (χ2n) is 5.84. The number of hydrogen-bond donors (Lipinski definition) is 1. The lowest BCUT2D eigenvalue weighted by atomic mass is 10.2. The predicted molar refractivity (Wildman–Crippen MR) is 102 cm³/mol. The van der Waals surface area contributed by atoms with Crippen molar-refractivity contribution in [1.29, 1.82) is 0 Å². The van der Waals surface area contributed by atoms with Gasteiger partial charge < -0.3 is 10.1 Å². The Bertz CT molecular complexity index is 955. The van der Waals surface area contributed by atoms with Gasteiger partial charge in [0.05, 0.1) is 5.69 Å². The van der Waals surface area contributed by atoms with Crippen molar-refractivity contribution >= 4 is 28.9 Å². The third-order valence-electron chi connectivity index (χ3n) is 3.77. The van der Waals surface area contributed by atoms with Crippen LogP contribution < -0.4 is 5.32 Å². The Morgan fingerprint density at radius 1 is 1.11 bits per heavy atom. The van der Waals surface area contributed by atoms with Gasteiger partial charge >= 0.3 is 5.97 Å². The summed E-state index contributed by atoms with van der Waals surface area (Å²) in [5, 5.41) is 3.29. The first kappa shape index (κ1) is 18.7. The number of rotatable bonds is 5. The molecule has 138 valence electrons. The van der Waals surface area contributed by atoms with Crippen molar-refractivity contribution in [3.05, 3.63) is 71.0 Å². The number of aromatic nitrogens is 1. The number of anilines is 1. The maximum atomic E-state index is 12.9. The summed E-state index contributed by atoms with van der Waals surface area (Å²) in [5.41, 5.74) is 1.88. The van der Waals surface area contributed by atoms with Gasteiger partial charge in [0, 0.05) is 11.3 Å². The molecule has 0 saturated carbocycles. The number of hydrogen-bond acceptors (Lipinski definition) is 5. The van der Waals surface area contributed by atoms with Crippen molar-refractivity contribution in [3.63, 3.8) is 0 Å². The molecule has 0 fully saturated rings. The average molecular weight is 384 g/mol. The molecule has 1 aromatic heterocycles. The summed E-state index contributed by atoms with van der Waals surface area (Å²) in [6.45, 7) is 3.20. The van der Waals surface area contributed by atoms with E-state index in [1.165, 1.54) is 42.5 Å². The van der Waals surface area contributed by atoms with E-state index in [9.17, 15) is 14.0 Å². The fourth-order valence-electron chi connectivity index (χ4n) is 2.33. The highest BCUT2D eigenvalue weighted by Gasteiger charge is 2.23. The van der Waals surface area contributed by atoms with Crippen LogP contribution in [0, 0.1) is 12.7 Å². The van der Waals surface area contributed by atoms with Gasteiger partial charge in [-0.25, -0.2) is 14.2 Å². The minimum absolute atomic E-state index is 0.357. The summed E-state index contributed by atoms with van der Waals surface area (Å²) in [6, 6.07) is 14.8. The molecule has 1 N–H and O–H groups in total. The van der Waals surface area contributed by atoms with E-state index in [-0.39, 0.29) is 0 Å². The highest BCUT2D eigenvalue weighted by atomic mass is 32.1. The molecule has 1 amide bonds. The summed E-state index contributed by atoms with van der Waals surface area (Å²) < 4.78 is 18.2. The summed E-state index contributed by atoms with van der Waals surface area (Å²) in [5.74, 6) is -1.50. The molecule has 0 aliphatic heterocycles. The number of esters is 1. The lowest BCUT2D eigenvalue weighted by Crippen LogP contribution is -2.29. The summed E-state index contributed by atoms with van der Waals surface area (Å²) in [4.78, 5) is 29.4. The quantitative estimate of drug-likeness (QED) is 0.660. The number of carbonyl (C=O) groups excluding carboxylic acids is 2. The fourth-order valence-corrected chi connectivity index (χ4v) is 3.29. The topological polar surface area (TPSA) is 68.3 Å². The highest BCUT2D eigenvalue weighted by Crippen LogP contribution is 2.28. The Morgan fingerprint density at radius 2 is 1.78 bits per heavy atom. The van der Waals surface area contributed by atoms with Gasteiger partial charge in [0.15, 0.2) is 6.10 Å². The zero-order valence-electron chi connectivity index (χ0n) is 14.7. The molecule has 27 heavy (non-hydrogen) atoms. The van der Waals surface area contributed by atoms with Crippen molar-refractivity contribution < 1.29 is 18.7 Å². The van der Waals surface area contributed by atoms with Crippen LogP contribution in [0.15, 0.2) is 54.6 Å². The van der Waals surface area contributed by atoms with Crippen LogP contribution in [0.4, 0.5) is 10.1 Å². The number of carbonyl (C=O) groups is 2. The lowest BCUT2D eigenvalue weighted by Gasteiger charge is -2.13. The molecule has 0 spiro atoms. The molecule has 0 bridgehead atoms. The first-order valence-electron chi connectivity index (χ1n) is 8.24. The van der Waals surface area contributed by atoms with E-state index in [2.05, 4.69) is 10.3 Å². The average Bonchev–Trinajstić information content (AvgIpc) is 3.06. The van der Waals surface area contributed by atoms with Gasteiger partial charge in [0.25, 0.3) is 5.91 Å². The molecule has 2 aromatic carbocycles. The molecular weight excluding hydrogens is 367 g/mol. The predicted octanol–water partition coefficient (Wildman–Crippen LogP) is 4.44. The van der Waals surface area contributed by atoms with Crippen LogP contribution in [-0.4, -0.2) is 23.0 Å². The lowest BCUT2D eigenvalue weighted by molar-refractivity contribution is -0.123. The van der Waals surface area contributed by atoms with Crippen molar-refractivity contribution in [2.75, 3.05) is 5.32 Å². The van der Waals surface area contributed by atoms with Crippen LogP contribution in [0.2, 0.25) is 0 Å². The molecular formula is C20H17FN2O3S. The van der Waals surface area contributed by atoms with Gasteiger partial charge in [0.2, 0.25) is 0 Å². The van der Waals surface area contributed by atoms with Gasteiger partial charge in [-0.05, 0) is 38.1 Å². The SMILES string of the molecule is Cc1nc(-c2ccccc2)sc1C(=O)O[C@@H](C)C(=O)Nc1ccc(F)cc1. The summed E-state index contributed by atoms with van der Waals surface area (Å²) >= 11 is 1.22.